The van der Waals surface area contributed by atoms with Crippen molar-refractivity contribution in [3.05, 3.63) is 63.3 Å². The molecule has 0 aliphatic rings. The summed E-state index contributed by atoms with van der Waals surface area (Å²) in [5.41, 5.74) is 1.62. The summed E-state index contributed by atoms with van der Waals surface area (Å²) in [7, 11) is 1.68. The van der Waals surface area contributed by atoms with Crippen LogP contribution in [-0.4, -0.2) is 4.57 Å². The molecule has 94 valence electrons. The SMILES string of the molecule is Cn1cc(NCc2ccc(F)c(Cl)c2)ccc1=O. The highest BCUT2D eigenvalue weighted by Crippen LogP contribution is 2.16. The van der Waals surface area contributed by atoms with Gasteiger partial charge in [-0.1, -0.05) is 17.7 Å². The molecule has 0 aliphatic heterocycles. The van der Waals surface area contributed by atoms with E-state index in [1.54, 1.807) is 31.4 Å². The number of hydrogen-bond acceptors (Lipinski definition) is 2. The average Bonchev–Trinajstić information content (AvgIpc) is 2.35. The van der Waals surface area contributed by atoms with Crippen LogP contribution in [0.4, 0.5) is 10.1 Å². The minimum atomic E-state index is -0.428. The number of benzene rings is 1. The van der Waals surface area contributed by atoms with Crippen molar-refractivity contribution in [2.24, 2.45) is 7.05 Å². The van der Waals surface area contributed by atoms with Crippen LogP contribution in [0.25, 0.3) is 0 Å². The molecule has 3 nitrogen and oxygen atoms in total. The maximum absolute atomic E-state index is 13.0. The Morgan fingerprint density at radius 1 is 1.33 bits per heavy atom. The summed E-state index contributed by atoms with van der Waals surface area (Å²) >= 11 is 5.69. The van der Waals surface area contributed by atoms with Crippen LogP contribution in [0.1, 0.15) is 5.56 Å². The molecule has 1 aromatic carbocycles. The first-order chi connectivity index (χ1) is 8.56. The number of anilines is 1. The Labute approximate surface area is 109 Å². The summed E-state index contributed by atoms with van der Waals surface area (Å²) in [6.45, 7) is 0.512. The van der Waals surface area contributed by atoms with E-state index in [1.807, 2.05) is 0 Å². The normalized spacial score (nSPS) is 10.4. The largest absolute Gasteiger partial charge is 0.380 e. The second-order valence-electron chi connectivity index (χ2n) is 3.97. The summed E-state index contributed by atoms with van der Waals surface area (Å²) in [6, 6.07) is 7.76. The summed E-state index contributed by atoms with van der Waals surface area (Å²) in [6.07, 6.45) is 1.70. The van der Waals surface area contributed by atoms with Gasteiger partial charge in [0.05, 0.1) is 10.7 Å². The molecule has 0 amide bonds. The summed E-state index contributed by atoms with van der Waals surface area (Å²) < 4.78 is 14.5. The first-order valence-electron chi connectivity index (χ1n) is 5.41. The highest BCUT2D eigenvalue weighted by Gasteiger charge is 2.01. The predicted octanol–water partition coefficient (Wildman–Crippen LogP) is 2.79. The Morgan fingerprint density at radius 2 is 2.11 bits per heavy atom. The van der Waals surface area contributed by atoms with E-state index in [0.29, 0.717) is 6.54 Å². The standard InChI is InChI=1S/C13H12ClFN2O/c1-17-8-10(3-5-13(17)18)16-7-9-2-4-12(15)11(14)6-9/h2-6,8,16H,7H2,1H3. The Kier molecular flexibility index (Phi) is 3.67. The molecule has 0 fully saturated rings. The van der Waals surface area contributed by atoms with Crippen molar-refractivity contribution in [3.8, 4) is 0 Å². The second kappa shape index (κ2) is 5.23. The van der Waals surface area contributed by atoms with Crippen LogP contribution in [0.5, 0.6) is 0 Å². The van der Waals surface area contributed by atoms with Gasteiger partial charge < -0.3 is 9.88 Å². The van der Waals surface area contributed by atoms with E-state index >= 15 is 0 Å². The minimum Gasteiger partial charge on any atom is -0.380 e. The minimum absolute atomic E-state index is 0.0645. The van der Waals surface area contributed by atoms with E-state index in [4.69, 9.17) is 11.6 Å². The lowest BCUT2D eigenvalue weighted by atomic mass is 10.2. The van der Waals surface area contributed by atoms with Crippen molar-refractivity contribution in [1.82, 2.24) is 4.57 Å². The third-order valence-electron chi connectivity index (χ3n) is 2.57. The zero-order valence-electron chi connectivity index (χ0n) is 9.78. The van der Waals surface area contributed by atoms with Gasteiger partial charge in [-0.2, -0.15) is 0 Å². The van der Waals surface area contributed by atoms with Gasteiger partial charge in [-0.15, -0.1) is 0 Å². The van der Waals surface area contributed by atoms with Gasteiger partial charge in [0, 0.05) is 25.9 Å². The van der Waals surface area contributed by atoms with Crippen LogP contribution in [0.15, 0.2) is 41.3 Å². The molecule has 1 aromatic heterocycles. The average molecular weight is 267 g/mol. The third kappa shape index (κ3) is 2.90. The van der Waals surface area contributed by atoms with Crippen molar-refractivity contribution in [3.63, 3.8) is 0 Å². The van der Waals surface area contributed by atoms with Gasteiger partial charge in [-0.25, -0.2) is 4.39 Å². The number of aryl methyl sites for hydroxylation is 1. The summed E-state index contributed by atoms with van der Waals surface area (Å²) in [5, 5.41) is 3.24. The van der Waals surface area contributed by atoms with Crippen LogP contribution in [-0.2, 0) is 13.6 Å². The summed E-state index contributed by atoms with van der Waals surface area (Å²) in [4.78, 5) is 11.2. The molecule has 5 heteroatoms. The van der Waals surface area contributed by atoms with Gasteiger partial charge in [0.2, 0.25) is 5.56 Å². The third-order valence-corrected chi connectivity index (χ3v) is 2.86. The van der Waals surface area contributed by atoms with E-state index in [1.165, 1.54) is 16.7 Å². The zero-order valence-corrected chi connectivity index (χ0v) is 10.5. The Balaban J connectivity index is 2.09. The fraction of sp³-hybridized carbons (Fsp3) is 0.154. The molecule has 0 aliphatic carbocycles. The van der Waals surface area contributed by atoms with Gasteiger partial charge in [0.1, 0.15) is 5.82 Å². The van der Waals surface area contributed by atoms with Crippen molar-refractivity contribution >= 4 is 17.3 Å². The molecule has 2 rings (SSSR count). The highest BCUT2D eigenvalue weighted by atomic mass is 35.5. The molecule has 0 atom stereocenters. The fourth-order valence-electron chi connectivity index (χ4n) is 1.55. The monoisotopic (exact) mass is 266 g/mol. The lowest BCUT2D eigenvalue weighted by molar-refractivity contribution is 0.627. The predicted molar refractivity (Wildman–Crippen MR) is 70.4 cm³/mol. The van der Waals surface area contributed by atoms with Crippen LogP contribution >= 0.6 is 11.6 Å². The van der Waals surface area contributed by atoms with Gasteiger partial charge in [-0.3, -0.25) is 4.79 Å². The molecule has 0 unspecified atom stereocenters. The Morgan fingerprint density at radius 3 is 2.78 bits per heavy atom. The van der Waals surface area contributed by atoms with Crippen molar-refractivity contribution in [2.75, 3.05) is 5.32 Å². The number of aromatic nitrogens is 1. The number of nitrogens with zero attached hydrogens (tertiary/aromatic N) is 1. The van der Waals surface area contributed by atoms with Gasteiger partial charge in [0.25, 0.3) is 0 Å². The maximum Gasteiger partial charge on any atom is 0.250 e. The van der Waals surface area contributed by atoms with Gasteiger partial charge >= 0.3 is 0 Å². The molecule has 0 spiro atoms. The van der Waals surface area contributed by atoms with Crippen molar-refractivity contribution in [1.29, 1.82) is 0 Å². The molecule has 0 radical (unpaired) electrons. The number of pyridine rings is 1. The Bertz CT molecular complexity index is 625. The van der Waals surface area contributed by atoms with E-state index in [-0.39, 0.29) is 10.6 Å². The number of hydrogen-bond donors (Lipinski definition) is 1. The molecule has 1 heterocycles. The van der Waals surface area contributed by atoms with Crippen molar-refractivity contribution < 1.29 is 4.39 Å². The van der Waals surface area contributed by atoms with E-state index in [2.05, 4.69) is 5.32 Å². The molecule has 0 bridgehead atoms. The zero-order chi connectivity index (χ0) is 13.1. The van der Waals surface area contributed by atoms with E-state index < -0.39 is 5.82 Å². The molecule has 0 saturated carbocycles. The second-order valence-corrected chi connectivity index (χ2v) is 4.38. The smallest absolute Gasteiger partial charge is 0.250 e. The fourth-order valence-corrected chi connectivity index (χ4v) is 1.76. The van der Waals surface area contributed by atoms with Crippen LogP contribution in [0.3, 0.4) is 0 Å². The molecule has 18 heavy (non-hydrogen) atoms. The van der Waals surface area contributed by atoms with Gasteiger partial charge in [0.15, 0.2) is 0 Å². The number of rotatable bonds is 3. The van der Waals surface area contributed by atoms with Crippen LogP contribution < -0.4 is 10.9 Å². The quantitative estimate of drug-likeness (QED) is 0.927. The van der Waals surface area contributed by atoms with Crippen molar-refractivity contribution in [2.45, 2.75) is 6.54 Å². The Hall–Kier alpha value is -1.81. The number of halogens is 2. The summed E-state index contributed by atoms with van der Waals surface area (Å²) in [5.74, 6) is -0.428. The maximum atomic E-state index is 13.0. The van der Waals surface area contributed by atoms with Crippen LogP contribution in [0, 0.1) is 5.82 Å². The van der Waals surface area contributed by atoms with E-state index in [0.717, 1.165) is 11.3 Å². The van der Waals surface area contributed by atoms with Gasteiger partial charge in [-0.05, 0) is 23.8 Å². The number of nitrogens with one attached hydrogen (secondary N) is 1. The molecule has 0 saturated heterocycles. The highest BCUT2D eigenvalue weighted by molar-refractivity contribution is 6.30. The molecule has 1 N–H and O–H groups in total. The first kappa shape index (κ1) is 12.6. The molecule has 2 aromatic rings. The molecular weight excluding hydrogens is 255 g/mol. The lowest BCUT2D eigenvalue weighted by Crippen LogP contribution is -2.15. The topological polar surface area (TPSA) is 34.0 Å². The van der Waals surface area contributed by atoms with E-state index in [9.17, 15) is 9.18 Å². The lowest BCUT2D eigenvalue weighted by Gasteiger charge is -2.08. The van der Waals surface area contributed by atoms with Crippen LogP contribution in [0.2, 0.25) is 5.02 Å². The molecular formula is C13H12ClFN2O. The first-order valence-corrected chi connectivity index (χ1v) is 5.78.